The Balaban J connectivity index is 1.75. The molecule has 3 rings (SSSR count). The van der Waals surface area contributed by atoms with Crippen molar-refractivity contribution in [2.75, 3.05) is 29.9 Å². The number of amides is 2. The van der Waals surface area contributed by atoms with Gasteiger partial charge in [0.15, 0.2) is 0 Å². The van der Waals surface area contributed by atoms with E-state index < -0.39 is 11.7 Å². The minimum atomic E-state index is -0.593. The molecule has 1 fully saturated rings. The summed E-state index contributed by atoms with van der Waals surface area (Å²) in [6.45, 7) is 3.32. The summed E-state index contributed by atoms with van der Waals surface area (Å²) in [7, 11) is 0. The van der Waals surface area contributed by atoms with E-state index in [-0.39, 0.29) is 11.5 Å². The van der Waals surface area contributed by atoms with Crippen molar-refractivity contribution < 1.29 is 14.0 Å². The molecule has 1 saturated heterocycles. The number of carbonyl (C=O) groups is 2. The van der Waals surface area contributed by atoms with Gasteiger partial charge in [0.05, 0.1) is 5.56 Å². The molecule has 2 aromatic rings. The van der Waals surface area contributed by atoms with Crippen LogP contribution in [0.5, 0.6) is 0 Å². The van der Waals surface area contributed by atoms with Gasteiger partial charge in [0.25, 0.3) is 11.8 Å². The Morgan fingerprint density at radius 3 is 2.54 bits per heavy atom. The summed E-state index contributed by atoms with van der Waals surface area (Å²) in [6.07, 6.45) is 0. The molecule has 0 atom stereocenters. The molecule has 26 heavy (non-hydrogen) atoms. The number of benzene rings is 2. The average molecular weight is 437 g/mol. The second-order valence-electron chi connectivity index (χ2n) is 6.01. The van der Waals surface area contributed by atoms with Crippen LogP contribution >= 0.6 is 27.7 Å². The van der Waals surface area contributed by atoms with E-state index >= 15 is 0 Å². The van der Waals surface area contributed by atoms with Gasteiger partial charge < -0.3 is 10.2 Å². The number of rotatable bonds is 3. The topological polar surface area (TPSA) is 49.4 Å². The van der Waals surface area contributed by atoms with Gasteiger partial charge in [-0.3, -0.25) is 9.59 Å². The van der Waals surface area contributed by atoms with Gasteiger partial charge in [-0.25, -0.2) is 4.39 Å². The van der Waals surface area contributed by atoms with Gasteiger partial charge in [-0.15, -0.1) is 0 Å². The normalized spacial score (nSPS) is 14.2. The maximum atomic E-state index is 13.9. The molecule has 2 aromatic carbocycles. The van der Waals surface area contributed by atoms with Crippen LogP contribution in [0.2, 0.25) is 0 Å². The monoisotopic (exact) mass is 436 g/mol. The Labute approximate surface area is 164 Å². The number of nitrogens with zero attached hydrogens (tertiary/aromatic N) is 1. The second-order valence-corrected chi connectivity index (χ2v) is 8.15. The molecule has 1 aliphatic heterocycles. The summed E-state index contributed by atoms with van der Waals surface area (Å²) in [4.78, 5) is 26.7. The zero-order chi connectivity index (χ0) is 18.7. The third kappa shape index (κ3) is 4.27. The summed E-state index contributed by atoms with van der Waals surface area (Å²) < 4.78 is 14.5. The quantitative estimate of drug-likeness (QED) is 0.778. The lowest BCUT2D eigenvalue weighted by molar-refractivity contribution is 0.0772. The largest absolute Gasteiger partial charge is 0.337 e. The number of aryl methyl sites for hydroxylation is 1. The zero-order valence-electron chi connectivity index (χ0n) is 14.2. The highest BCUT2D eigenvalue weighted by atomic mass is 79.9. The SMILES string of the molecule is Cc1cc(C(=O)N2CCSCC2)ccc1NC(=O)c1ccc(Br)cc1F. The van der Waals surface area contributed by atoms with Gasteiger partial charge in [0.1, 0.15) is 5.82 Å². The van der Waals surface area contributed by atoms with Gasteiger partial charge in [-0.1, -0.05) is 15.9 Å². The van der Waals surface area contributed by atoms with Crippen LogP contribution in [0.4, 0.5) is 10.1 Å². The van der Waals surface area contributed by atoms with Gasteiger partial charge >= 0.3 is 0 Å². The molecule has 1 heterocycles. The summed E-state index contributed by atoms with van der Waals surface area (Å²) >= 11 is 5.02. The molecular formula is C19H18BrFN2O2S. The molecule has 1 aliphatic rings. The van der Waals surface area contributed by atoms with E-state index in [1.807, 2.05) is 23.6 Å². The molecule has 0 spiro atoms. The standard InChI is InChI=1S/C19H18BrFN2O2S/c1-12-10-13(19(25)23-6-8-26-9-7-23)2-5-17(12)22-18(24)15-4-3-14(20)11-16(15)21/h2-5,10-11H,6-9H2,1H3,(H,22,24). The van der Waals surface area contributed by atoms with Crippen LogP contribution in [0.25, 0.3) is 0 Å². The van der Waals surface area contributed by atoms with Crippen molar-refractivity contribution in [2.24, 2.45) is 0 Å². The lowest BCUT2D eigenvalue weighted by Gasteiger charge is -2.26. The smallest absolute Gasteiger partial charge is 0.258 e. The first-order valence-electron chi connectivity index (χ1n) is 8.20. The molecule has 0 aromatic heterocycles. The van der Waals surface area contributed by atoms with Crippen molar-refractivity contribution in [1.29, 1.82) is 0 Å². The second kappa shape index (κ2) is 8.22. The van der Waals surface area contributed by atoms with Crippen molar-refractivity contribution in [1.82, 2.24) is 4.90 Å². The fourth-order valence-electron chi connectivity index (χ4n) is 2.75. The lowest BCUT2D eigenvalue weighted by Crippen LogP contribution is -2.37. The maximum Gasteiger partial charge on any atom is 0.258 e. The highest BCUT2D eigenvalue weighted by Crippen LogP contribution is 2.21. The fourth-order valence-corrected chi connectivity index (χ4v) is 3.99. The molecule has 0 saturated carbocycles. The van der Waals surface area contributed by atoms with Crippen molar-refractivity contribution in [3.05, 3.63) is 63.4 Å². The van der Waals surface area contributed by atoms with E-state index in [2.05, 4.69) is 21.2 Å². The van der Waals surface area contributed by atoms with Crippen molar-refractivity contribution >= 4 is 45.2 Å². The number of hydrogen-bond donors (Lipinski definition) is 1. The number of thioether (sulfide) groups is 1. The van der Waals surface area contributed by atoms with E-state index in [1.165, 1.54) is 12.1 Å². The predicted molar refractivity (Wildman–Crippen MR) is 106 cm³/mol. The van der Waals surface area contributed by atoms with Crippen LogP contribution < -0.4 is 5.32 Å². The van der Waals surface area contributed by atoms with E-state index in [4.69, 9.17) is 0 Å². The van der Waals surface area contributed by atoms with Gasteiger partial charge in [0.2, 0.25) is 0 Å². The molecule has 2 amide bonds. The molecule has 136 valence electrons. The van der Waals surface area contributed by atoms with E-state index in [9.17, 15) is 14.0 Å². The number of carbonyl (C=O) groups excluding carboxylic acids is 2. The van der Waals surface area contributed by atoms with Crippen LogP contribution in [0.15, 0.2) is 40.9 Å². The van der Waals surface area contributed by atoms with E-state index in [0.29, 0.717) is 15.7 Å². The third-order valence-electron chi connectivity index (χ3n) is 4.20. The Bertz CT molecular complexity index is 853. The van der Waals surface area contributed by atoms with Crippen molar-refractivity contribution in [2.45, 2.75) is 6.92 Å². The van der Waals surface area contributed by atoms with Crippen LogP contribution in [0.3, 0.4) is 0 Å². The molecule has 4 nitrogen and oxygen atoms in total. The van der Waals surface area contributed by atoms with Crippen LogP contribution in [0.1, 0.15) is 26.3 Å². The first kappa shape index (κ1) is 18.9. The molecule has 0 radical (unpaired) electrons. The summed E-state index contributed by atoms with van der Waals surface area (Å²) in [5.74, 6) is 0.801. The van der Waals surface area contributed by atoms with Crippen molar-refractivity contribution in [3.8, 4) is 0 Å². The minimum Gasteiger partial charge on any atom is -0.337 e. The predicted octanol–water partition coefficient (Wildman–Crippen LogP) is 4.34. The number of hydrogen-bond acceptors (Lipinski definition) is 3. The van der Waals surface area contributed by atoms with Crippen LogP contribution in [-0.4, -0.2) is 41.3 Å². The lowest BCUT2D eigenvalue weighted by atomic mass is 10.1. The third-order valence-corrected chi connectivity index (χ3v) is 5.63. The molecular weight excluding hydrogens is 419 g/mol. The minimum absolute atomic E-state index is 0.00484. The first-order chi connectivity index (χ1) is 12.5. The number of halogens is 2. The summed E-state index contributed by atoms with van der Waals surface area (Å²) in [5, 5.41) is 2.71. The maximum absolute atomic E-state index is 13.9. The van der Waals surface area contributed by atoms with Crippen molar-refractivity contribution in [3.63, 3.8) is 0 Å². The number of nitrogens with one attached hydrogen (secondary N) is 1. The molecule has 0 unspecified atom stereocenters. The zero-order valence-corrected chi connectivity index (χ0v) is 16.6. The van der Waals surface area contributed by atoms with Crippen LogP contribution in [0, 0.1) is 12.7 Å². The summed E-state index contributed by atoms with van der Waals surface area (Å²) in [5.41, 5.74) is 1.89. The van der Waals surface area contributed by atoms with E-state index in [1.54, 1.807) is 24.3 Å². The average Bonchev–Trinajstić information content (AvgIpc) is 2.63. The molecule has 0 bridgehead atoms. The first-order valence-corrected chi connectivity index (χ1v) is 10.1. The molecule has 0 aliphatic carbocycles. The highest BCUT2D eigenvalue weighted by Gasteiger charge is 2.19. The van der Waals surface area contributed by atoms with E-state index in [0.717, 1.165) is 30.2 Å². The Morgan fingerprint density at radius 1 is 1.15 bits per heavy atom. The highest BCUT2D eigenvalue weighted by molar-refractivity contribution is 9.10. The molecule has 7 heteroatoms. The Morgan fingerprint density at radius 2 is 1.88 bits per heavy atom. The summed E-state index contributed by atoms with van der Waals surface area (Å²) in [6, 6.07) is 9.44. The van der Waals surface area contributed by atoms with Gasteiger partial charge in [-0.05, 0) is 48.9 Å². The Kier molecular flexibility index (Phi) is 5.98. The van der Waals surface area contributed by atoms with Gasteiger partial charge in [0, 0.05) is 40.3 Å². The van der Waals surface area contributed by atoms with Gasteiger partial charge in [-0.2, -0.15) is 11.8 Å². The molecule has 1 N–H and O–H groups in total. The van der Waals surface area contributed by atoms with Crippen LogP contribution in [-0.2, 0) is 0 Å². The Hall–Kier alpha value is -1.86. The fraction of sp³-hybridized carbons (Fsp3) is 0.263. The number of anilines is 1.